The molecule has 7 heteroatoms. The zero-order valence-corrected chi connectivity index (χ0v) is 14.5. The zero-order chi connectivity index (χ0) is 18.2. The first-order chi connectivity index (χ1) is 12.1. The summed E-state index contributed by atoms with van der Waals surface area (Å²) in [5.74, 6) is 1.86. The van der Waals surface area contributed by atoms with E-state index in [9.17, 15) is 4.79 Å². The Hall–Kier alpha value is -3.22. The summed E-state index contributed by atoms with van der Waals surface area (Å²) in [4.78, 5) is 12.2. The van der Waals surface area contributed by atoms with Gasteiger partial charge in [0, 0.05) is 5.56 Å². The summed E-state index contributed by atoms with van der Waals surface area (Å²) < 4.78 is 20.7. The van der Waals surface area contributed by atoms with Gasteiger partial charge >= 0.3 is 0 Å². The van der Waals surface area contributed by atoms with Crippen LogP contribution < -0.4 is 24.4 Å². The first-order valence-electron chi connectivity index (χ1n) is 7.40. The highest BCUT2D eigenvalue weighted by Gasteiger charge is 2.10. The molecular formula is C18H20N2O5. The van der Waals surface area contributed by atoms with Crippen LogP contribution in [-0.2, 0) is 0 Å². The molecular weight excluding hydrogens is 324 g/mol. The normalized spacial score (nSPS) is 10.4. The molecule has 132 valence electrons. The molecule has 0 unspecified atom stereocenters. The Morgan fingerprint density at radius 3 is 2.00 bits per heavy atom. The molecule has 0 aliphatic carbocycles. The van der Waals surface area contributed by atoms with E-state index in [0.717, 1.165) is 5.56 Å². The lowest BCUT2D eigenvalue weighted by Gasteiger charge is -2.09. The Morgan fingerprint density at radius 1 is 0.840 bits per heavy atom. The molecule has 0 saturated carbocycles. The largest absolute Gasteiger partial charge is 0.493 e. The van der Waals surface area contributed by atoms with Gasteiger partial charge in [0.25, 0.3) is 5.91 Å². The standard InChI is InChI=1S/C18H20N2O5/c1-22-14-7-5-12(9-16(14)24-3)11-19-20-18(21)13-6-8-15(23-2)17(10-13)25-4/h5-11H,1-4H3,(H,20,21). The molecule has 2 aromatic carbocycles. The predicted octanol–water partition coefficient (Wildman–Crippen LogP) is 2.48. The van der Waals surface area contributed by atoms with E-state index in [1.807, 2.05) is 0 Å². The van der Waals surface area contributed by atoms with Crippen molar-refractivity contribution in [2.24, 2.45) is 5.10 Å². The number of amides is 1. The number of carbonyl (C=O) groups excluding carboxylic acids is 1. The van der Waals surface area contributed by atoms with E-state index in [1.165, 1.54) is 20.4 Å². The second-order valence-corrected chi connectivity index (χ2v) is 4.88. The minimum atomic E-state index is -0.363. The van der Waals surface area contributed by atoms with Crippen molar-refractivity contribution < 1.29 is 23.7 Å². The molecule has 0 aliphatic rings. The van der Waals surface area contributed by atoms with Gasteiger partial charge in [-0.2, -0.15) is 5.10 Å². The number of hydrazone groups is 1. The minimum absolute atomic E-state index is 0.363. The highest BCUT2D eigenvalue weighted by molar-refractivity contribution is 5.95. The van der Waals surface area contributed by atoms with Gasteiger partial charge < -0.3 is 18.9 Å². The van der Waals surface area contributed by atoms with E-state index in [1.54, 1.807) is 50.6 Å². The van der Waals surface area contributed by atoms with Crippen molar-refractivity contribution in [2.45, 2.75) is 0 Å². The molecule has 0 atom stereocenters. The predicted molar refractivity (Wildman–Crippen MR) is 94.2 cm³/mol. The van der Waals surface area contributed by atoms with Gasteiger partial charge in [0.1, 0.15) is 0 Å². The first-order valence-corrected chi connectivity index (χ1v) is 7.40. The fraction of sp³-hybridized carbons (Fsp3) is 0.222. The summed E-state index contributed by atoms with van der Waals surface area (Å²) in [6.45, 7) is 0. The number of nitrogens with zero attached hydrogens (tertiary/aromatic N) is 1. The van der Waals surface area contributed by atoms with Crippen LogP contribution in [-0.4, -0.2) is 40.6 Å². The molecule has 2 aromatic rings. The van der Waals surface area contributed by atoms with Gasteiger partial charge in [0.05, 0.1) is 34.7 Å². The lowest BCUT2D eigenvalue weighted by Crippen LogP contribution is -2.17. The third kappa shape index (κ3) is 4.41. The Morgan fingerprint density at radius 2 is 1.40 bits per heavy atom. The zero-order valence-electron chi connectivity index (χ0n) is 14.5. The summed E-state index contributed by atoms with van der Waals surface area (Å²) in [6, 6.07) is 10.2. The van der Waals surface area contributed by atoms with E-state index in [2.05, 4.69) is 10.5 Å². The van der Waals surface area contributed by atoms with Crippen molar-refractivity contribution in [2.75, 3.05) is 28.4 Å². The monoisotopic (exact) mass is 344 g/mol. The van der Waals surface area contributed by atoms with Crippen LogP contribution in [0.2, 0.25) is 0 Å². The molecule has 0 fully saturated rings. The Labute approximate surface area is 146 Å². The van der Waals surface area contributed by atoms with E-state index >= 15 is 0 Å². The maximum atomic E-state index is 12.2. The Balaban J connectivity index is 2.08. The summed E-state index contributed by atoms with van der Waals surface area (Å²) in [7, 11) is 6.16. The molecule has 0 aliphatic heterocycles. The van der Waals surface area contributed by atoms with Crippen molar-refractivity contribution in [1.29, 1.82) is 0 Å². The molecule has 7 nitrogen and oxygen atoms in total. The number of rotatable bonds is 7. The maximum absolute atomic E-state index is 12.2. The third-order valence-corrected chi connectivity index (χ3v) is 3.43. The van der Waals surface area contributed by atoms with Crippen LogP contribution in [0.5, 0.6) is 23.0 Å². The number of hydrogen-bond donors (Lipinski definition) is 1. The second-order valence-electron chi connectivity index (χ2n) is 4.88. The lowest BCUT2D eigenvalue weighted by atomic mass is 10.2. The summed E-state index contributed by atoms with van der Waals surface area (Å²) in [5.41, 5.74) is 3.62. The van der Waals surface area contributed by atoms with Crippen LogP contribution >= 0.6 is 0 Å². The molecule has 2 rings (SSSR count). The van der Waals surface area contributed by atoms with Gasteiger partial charge in [-0.1, -0.05) is 0 Å². The number of hydrogen-bond acceptors (Lipinski definition) is 6. The summed E-state index contributed by atoms with van der Waals surface area (Å²) >= 11 is 0. The number of ether oxygens (including phenoxy) is 4. The second kappa shape index (κ2) is 8.58. The summed E-state index contributed by atoms with van der Waals surface area (Å²) in [5, 5.41) is 3.95. The quantitative estimate of drug-likeness (QED) is 0.617. The van der Waals surface area contributed by atoms with Crippen molar-refractivity contribution in [3.05, 3.63) is 47.5 Å². The van der Waals surface area contributed by atoms with Crippen LogP contribution in [0.15, 0.2) is 41.5 Å². The molecule has 25 heavy (non-hydrogen) atoms. The van der Waals surface area contributed by atoms with E-state index in [-0.39, 0.29) is 5.91 Å². The highest BCUT2D eigenvalue weighted by Crippen LogP contribution is 2.28. The highest BCUT2D eigenvalue weighted by atomic mass is 16.5. The van der Waals surface area contributed by atoms with E-state index < -0.39 is 0 Å². The smallest absolute Gasteiger partial charge is 0.271 e. The third-order valence-electron chi connectivity index (χ3n) is 3.43. The average Bonchev–Trinajstić information content (AvgIpc) is 2.66. The number of carbonyl (C=O) groups is 1. The van der Waals surface area contributed by atoms with Crippen LogP contribution in [0.3, 0.4) is 0 Å². The van der Waals surface area contributed by atoms with Gasteiger partial charge in [-0.25, -0.2) is 5.43 Å². The van der Waals surface area contributed by atoms with Gasteiger partial charge in [-0.05, 0) is 42.0 Å². The van der Waals surface area contributed by atoms with Gasteiger partial charge in [0.15, 0.2) is 23.0 Å². The SMILES string of the molecule is COc1ccc(C=NNC(=O)c2ccc(OC)c(OC)c2)cc1OC. The Kier molecular flexibility index (Phi) is 6.22. The molecule has 1 N–H and O–H groups in total. The van der Waals surface area contributed by atoms with Crippen LogP contribution in [0.25, 0.3) is 0 Å². The van der Waals surface area contributed by atoms with E-state index in [4.69, 9.17) is 18.9 Å². The minimum Gasteiger partial charge on any atom is -0.493 e. The van der Waals surface area contributed by atoms with Crippen molar-refractivity contribution in [3.63, 3.8) is 0 Å². The number of nitrogens with one attached hydrogen (secondary N) is 1. The van der Waals surface area contributed by atoms with Crippen molar-refractivity contribution >= 4 is 12.1 Å². The first kappa shape index (κ1) is 18.1. The molecule has 0 saturated heterocycles. The fourth-order valence-corrected chi connectivity index (χ4v) is 2.14. The number of benzene rings is 2. The topological polar surface area (TPSA) is 78.4 Å². The molecule has 0 radical (unpaired) electrons. The van der Waals surface area contributed by atoms with Crippen molar-refractivity contribution in [3.8, 4) is 23.0 Å². The molecule has 0 aromatic heterocycles. The fourth-order valence-electron chi connectivity index (χ4n) is 2.14. The average molecular weight is 344 g/mol. The van der Waals surface area contributed by atoms with Crippen LogP contribution in [0, 0.1) is 0 Å². The molecule has 0 spiro atoms. The molecule has 0 heterocycles. The lowest BCUT2D eigenvalue weighted by molar-refractivity contribution is 0.0954. The molecule has 0 bridgehead atoms. The summed E-state index contributed by atoms with van der Waals surface area (Å²) in [6.07, 6.45) is 1.51. The van der Waals surface area contributed by atoms with Gasteiger partial charge in [0.2, 0.25) is 0 Å². The van der Waals surface area contributed by atoms with Gasteiger partial charge in [-0.15, -0.1) is 0 Å². The van der Waals surface area contributed by atoms with Crippen LogP contribution in [0.4, 0.5) is 0 Å². The Bertz CT molecular complexity index is 774. The van der Waals surface area contributed by atoms with Crippen molar-refractivity contribution in [1.82, 2.24) is 5.43 Å². The van der Waals surface area contributed by atoms with Crippen LogP contribution in [0.1, 0.15) is 15.9 Å². The molecule has 1 amide bonds. The van der Waals surface area contributed by atoms with E-state index in [0.29, 0.717) is 28.6 Å². The maximum Gasteiger partial charge on any atom is 0.271 e. The number of methoxy groups -OCH3 is 4. The van der Waals surface area contributed by atoms with Gasteiger partial charge in [-0.3, -0.25) is 4.79 Å².